The Kier molecular flexibility index (Phi) is 3.57. The molecule has 0 aromatic heterocycles. The maximum Gasteiger partial charge on any atom is 0.165 e. The lowest BCUT2D eigenvalue weighted by Crippen LogP contribution is -2.31. The lowest BCUT2D eigenvalue weighted by molar-refractivity contribution is 0.0954. The molecular weight excluding hydrogens is 200 g/mol. The Balaban J connectivity index is 2.00. The van der Waals surface area contributed by atoms with Gasteiger partial charge in [0.1, 0.15) is 0 Å². The van der Waals surface area contributed by atoms with Crippen LogP contribution in [-0.4, -0.2) is 18.9 Å². The zero-order valence-corrected chi connectivity index (χ0v) is 9.41. The molecule has 1 heterocycles. The normalized spacial score (nSPS) is 20.6. The zero-order chi connectivity index (χ0) is 11.4. The van der Waals surface area contributed by atoms with Crippen LogP contribution in [0, 0.1) is 5.92 Å². The van der Waals surface area contributed by atoms with Crippen LogP contribution in [0.5, 0.6) is 0 Å². The minimum absolute atomic E-state index is 0.173. The number of rotatable bonds is 3. The Bertz CT molecular complexity index is 370. The van der Waals surface area contributed by atoms with E-state index in [-0.39, 0.29) is 5.78 Å². The molecule has 3 nitrogen and oxygen atoms in total. The van der Waals surface area contributed by atoms with Crippen molar-refractivity contribution in [2.24, 2.45) is 5.92 Å². The summed E-state index contributed by atoms with van der Waals surface area (Å²) in [6.45, 7) is 2.04. The van der Waals surface area contributed by atoms with Crippen molar-refractivity contribution in [2.45, 2.75) is 19.3 Å². The molecule has 3 N–H and O–H groups in total. The van der Waals surface area contributed by atoms with Crippen LogP contribution >= 0.6 is 0 Å². The molecule has 1 atom stereocenters. The Labute approximate surface area is 96.0 Å². The molecule has 1 fully saturated rings. The molecule has 1 aliphatic rings. The number of hydrogen-bond donors (Lipinski definition) is 2. The van der Waals surface area contributed by atoms with Crippen molar-refractivity contribution in [3.8, 4) is 0 Å². The summed E-state index contributed by atoms with van der Waals surface area (Å²) in [4.78, 5) is 12.0. The van der Waals surface area contributed by atoms with Crippen LogP contribution in [-0.2, 0) is 0 Å². The predicted molar refractivity (Wildman–Crippen MR) is 65.4 cm³/mol. The van der Waals surface area contributed by atoms with Gasteiger partial charge in [-0.1, -0.05) is 12.1 Å². The summed E-state index contributed by atoms with van der Waals surface area (Å²) >= 11 is 0. The van der Waals surface area contributed by atoms with E-state index in [1.807, 2.05) is 18.2 Å². The van der Waals surface area contributed by atoms with Crippen molar-refractivity contribution in [2.75, 3.05) is 18.8 Å². The first-order valence-corrected chi connectivity index (χ1v) is 5.86. The largest absolute Gasteiger partial charge is 0.398 e. The van der Waals surface area contributed by atoms with Crippen molar-refractivity contribution in [1.29, 1.82) is 0 Å². The zero-order valence-electron chi connectivity index (χ0n) is 9.41. The molecule has 1 unspecified atom stereocenters. The molecule has 1 aromatic rings. The van der Waals surface area contributed by atoms with Gasteiger partial charge in [-0.25, -0.2) is 0 Å². The van der Waals surface area contributed by atoms with E-state index in [9.17, 15) is 4.79 Å². The Morgan fingerprint density at radius 1 is 1.44 bits per heavy atom. The molecule has 0 amide bonds. The maximum absolute atomic E-state index is 12.0. The van der Waals surface area contributed by atoms with Gasteiger partial charge in [-0.3, -0.25) is 4.79 Å². The van der Waals surface area contributed by atoms with Crippen LogP contribution in [0.15, 0.2) is 24.3 Å². The van der Waals surface area contributed by atoms with E-state index in [1.165, 1.54) is 6.42 Å². The standard InChI is InChI=1S/C13H18N2O/c14-12-6-2-1-5-11(12)13(16)8-10-4-3-7-15-9-10/h1-2,5-6,10,15H,3-4,7-9,14H2. The van der Waals surface area contributed by atoms with Crippen LogP contribution in [0.3, 0.4) is 0 Å². The number of hydrogen-bond acceptors (Lipinski definition) is 3. The van der Waals surface area contributed by atoms with E-state index in [0.717, 1.165) is 19.5 Å². The predicted octanol–water partition coefficient (Wildman–Crippen LogP) is 1.84. The van der Waals surface area contributed by atoms with Crippen molar-refractivity contribution >= 4 is 11.5 Å². The molecule has 2 rings (SSSR count). The first kappa shape index (κ1) is 11.1. The number of Topliss-reactive ketones (excluding diaryl/α,β-unsaturated/α-hetero) is 1. The van der Waals surface area contributed by atoms with Gasteiger partial charge in [0.25, 0.3) is 0 Å². The third-order valence-corrected chi connectivity index (χ3v) is 3.13. The molecular formula is C13H18N2O. The van der Waals surface area contributed by atoms with Gasteiger partial charge in [0, 0.05) is 17.7 Å². The second-order valence-electron chi connectivity index (χ2n) is 4.43. The van der Waals surface area contributed by atoms with Crippen molar-refractivity contribution in [3.05, 3.63) is 29.8 Å². The molecule has 86 valence electrons. The topological polar surface area (TPSA) is 55.1 Å². The third kappa shape index (κ3) is 2.61. The van der Waals surface area contributed by atoms with Crippen LogP contribution in [0.25, 0.3) is 0 Å². The lowest BCUT2D eigenvalue weighted by atomic mass is 9.91. The molecule has 0 aliphatic carbocycles. The van der Waals surface area contributed by atoms with E-state index >= 15 is 0 Å². The van der Waals surface area contributed by atoms with E-state index in [0.29, 0.717) is 23.6 Å². The van der Waals surface area contributed by atoms with Gasteiger partial charge in [-0.05, 0) is 44.0 Å². The molecule has 1 aromatic carbocycles. The number of anilines is 1. The Hall–Kier alpha value is -1.35. The molecule has 1 saturated heterocycles. The van der Waals surface area contributed by atoms with Gasteiger partial charge in [-0.2, -0.15) is 0 Å². The van der Waals surface area contributed by atoms with Crippen molar-refractivity contribution < 1.29 is 4.79 Å². The SMILES string of the molecule is Nc1ccccc1C(=O)CC1CCCNC1. The van der Waals surface area contributed by atoms with Gasteiger partial charge < -0.3 is 11.1 Å². The summed E-state index contributed by atoms with van der Waals surface area (Å²) in [5.74, 6) is 0.646. The molecule has 0 saturated carbocycles. The highest BCUT2D eigenvalue weighted by Gasteiger charge is 2.18. The van der Waals surface area contributed by atoms with Crippen molar-refractivity contribution in [3.63, 3.8) is 0 Å². The summed E-state index contributed by atoms with van der Waals surface area (Å²) < 4.78 is 0. The number of para-hydroxylation sites is 1. The fraction of sp³-hybridized carbons (Fsp3) is 0.462. The number of nitrogens with two attached hydrogens (primary N) is 1. The van der Waals surface area contributed by atoms with Crippen LogP contribution in [0.4, 0.5) is 5.69 Å². The highest BCUT2D eigenvalue weighted by atomic mass is 16.1. The first-order chi connectivity index (χ1) is 7.77. The van der Waals surface area contributed by atoms with Gasteiger partial charge in [-0.15, -0.1) is 0 Å². The highest BCUT2D eigenvalue weighted by Crippen LogP contribution is 2.19. The summed E-state index contributed by atoms with van der Waals surface area (Å²) in [6.07, 6.45) is 2.93. The third-order valence-electron chi connectivity index (χ3n) is 3.13. The highest BCUT2D eigenvalue weighted by molar-refractivity contribution is 6.00. The quantitative estimate of drug-likeness (QED) is 0.601. The van der Waals surface area contributed by atoms with Crippen LogP contribution in [0.1, 0.15) is 29.6 Å². The lowest BCUT2D eigenvalue weighted by Gasteiger charge is -2.22. The molecule has 16 heavy (non-hydrogen) atoms. The van der Waals surface area contributed by atoms with E-state index in [4.69, 9.17) is 5.73 Å². The smallest absolute Gasteiger partial charge is 0.165 e. The van der Waals surface area contributed by atoms with Crippen molar-refractivity contribution in [1.82, 2.24) is 5.32 Å². The van der Waals surface area contributed by atoms with E-state index in [1.54, 1.807) is 6.07 Å². The van der Waals surface area contributed by atoms with Gasteiger partial charge in [0.2, 0.25) is 0 Å². The fourth-order valence-electron chi connectivity index (χ4n) is 2.22. The average molecular weight is 218 g/mol. The van der Waals surface area contributed by atoms with Crippen LogP contribution < -0.4 is 11.1 Å². The van der Waals surface area contributed by atoms with Gasteiger partial charge >= 0.3 is 0 Å². The minimum Gasteiger partial charge on any atom is -0.398 e. The number of nitrogens with one attached hydrogen (secondary N) is 1. The number of carbonyl (C=O) groups is 1. The monoisotopic (exact) mass is 218 g/mol. The number of ketones is 1. The number of nitrogen functional groups attached to an aromatic ring is 1. The summed E-state index contributed by atoms with van der Waals surface area (Å²) in [7, 11) is 0. The molecule has 0 spiro atoms. The van der Waals surface area contributed by atoms with Crippen LogP contribution in [0.2, 0.25) is 0 Å². The summed E-state index contributed by atoms with van der Waals surface area (Å²) in [5, 5.41) is 3.32. The second-order valence-corrected chi connectivity index (χ2v) is 4.43. The Morgan fingerprint density at radius 2 is 2.25 bits per heavy atom. The molecule has 3 heteroatoms. The van der Waals surface area contributed by atoms with E-state index in [2.05, 4.69) is 5.32 Å². The maximum atomic E-state index is 12.0. The fourth-order valence-corrected chi connectivity index (χ4v) is 2.22. The summed E-state index contributed by atoms with van der Waals surface area (Å²) in [5.41, 5.74) is 7.06. The summed E-state index contributed by atoms with van der Waals surface area (Å²) in [6, 6.07) is 7.32. The number of carbonyl (C=O) groups excluding carboxylic acids is 1. The number of piperidine rings is 1. The number of benzene rings is 1. The van der Waals surface area contributed by atoms with E-state index < -0.39 is 0 Å². The minimum atomic E-state index is 0.173. The molecule has 1 aliphatic heterocycles. The molecule has 0 radical (unpaired) electrons. The second kappa shape index (κ2) is 5.12. The average Bonchev–Trinajstić information content (AvgIpc) is 2.31. The molecule has 0 bridgehead atoms. The first-order valence-electron chi connectivity index (χ1n) is 5.86. The Morgan fingerprint density at radius 3 is 2.94 bits per heavy atom. The van der Waals surface area contributed by atoms with Gasteiger partial charge in [0.15, 0.2) is 5.78 Å². The van der Waals surface area contributed by atoms with Gasteiger partial charge in [0.05, 0.1) is 0 Å².